The first-order chi connectivity index (χ1) is 6.77. The van der Waals surface area contributed by atoms with Gasteiger partial charge in [-0.1, -0.05) is 6.07 Å². The third-order valence-corrected chi connectivity index (χ3v) is 2.15. The Morgan fingerprint density at radius 3 is 3.00 bits per heavy atom. The van der Waals surface area contributed by atoms with Crippen LogP contribution in [0.5, 0.6) is 0 Å². The maximum Gasteiger partial charge on any atom is 0.414 e. The molecule has 0 spiro atoms. The van der Waals surface area contributed by atoms with Crippen molar-refractivity contribution in [2.24, 2.45) is 0 Å². The van der Waals surface area contributed by atoms with Crippen LogP contribution in [-0.2, 0) is 4.74 Å². The number of ether oxygens (including phenoxy) is 1. The summed E-state index contributed by atoms with van der Waals surface area (Å²) in [6, 6.07) is 7.24. The molecule has 14 heavy (non-hydrogen) atoms. The zero-order chi connectivity index (χ0) is 9.97. The lowest BCUT2D eigenvalue weighted by Gasteiger charge is -2.26. The Kier molecular flexibility index (Phi) is 2.26. The first-order valence-electron chi connectivity index (χ1n) is 4.57. The van der Waals surface area contributed by atoms with Crippen LogP contribution in [-0.4, -0.2) is 19.2 Å². The van der Waals surface area contributed by atoms with Crippen molar-refractivity contribution in [2.75, 3.05) is 23.8 Å². The van der Waals surface area contributed by atoms with Gasteiger partial charge in [0.05, 0.1) is 6.61 Å². The minimum Gasteiger partial charge on any atom is -0.449 e. The highest BCUT2D eigenvalue weighted by Crippen LogP contribution is 2.20. The second-order valence-corrected chi connectivity index (χ2v) is 3.21. The molecule has 0 atom stereocenters. The summed E-state index contributed by atoms with van der Waals surface area (Å²) >= 11 is 0. The van der Waals surface area contributed by atoms with Gasteiger partial charge in [0.15, 0.2) is 0 Å². The Morgan fingerprint density at radius 2 is 2.29 bits per heavy atom. The Morgan fingerprint density at radius 1 is 1.43 bits per heavy atom. The number of hydrogen-bond acceptors (Lipinski definition) is 3. The molecule has 0 radical (unpaired) electrons. The standard InChI is InChI=1S/C10H12N2O2/c11-8-3-1-4-9(7-8)12-5-2-6-14-10(12)13/h1,3-4,7H,2,5-6,11H2. The van der Waals surface area contributed by atoms with Gasteiger partial charge >= 0.3 is 6.09 Å². The molecule has 1 aromatic rings. The third-order valence-electron chi connectivity index (χ3n) is 2.15. The summed E-state index contributed by atoms with van der Waals surface area (Å²) in [6.45, 7) is 1.21. The van der Waals surface area contributed by atoms with Crippen molar-refractivity contribution in [1.29, 1.82) is 0 Å². The molecule has 2 rings (SSSR count). The van der Waals surface area contributed by atoms with E-state index in [0.717, 1.165) is 12.1 Å². The van der Waals surface area contributed by atoms with Crippen molar-refractivity contribution in [3.05, 3.63) is 24.3 Å². The summed E-state index contributed by atoms with van der Waals surface area (Å²) < 4.78 is 4.93. The molecule has 4 heteroatoms. The van der Waals surface area contributed by atoms with Crippen LogP contribution in [0.2, 0.25) is 0 Å². The molecule has 1 fully saturated rings. The molecule has 1 saturated heterocycles. The monoisotopic (exact) mass is 192 g/mol. The molecule has 1 amide bonds. The quantitative estimate of drug-likeness (QED) is 0.688. The lowest BCUT2D eigenvalue weighted by molar-refractivity contribution is 0.140. The van der Waals surface area contributed by atoms with E-state index in [2.05, 4.69) is 0 Å². The lowest BCUT2D eigenvalue weighted by Crippen LogP contribution is -2.37. The van der Waals surface area contributed by atoms with E-state index in [9.17, 15) is 4.79 Å². The molecule has 2 N–H and O–H groups in total. The molecule has 0 saturated carbocycles. The van der Waals surface area contributed by atoms with Crippen molar-refractivity contribution in [3.63, 3.8) is 0 Å². The van der Waals surface area contributed by atoms with Gasteiger partial charge in [-0.15, -0.1) is 0 Å². The van der Waals surface area contributed by atoms with E-state index < -0.39 is 0 Å². The first kappa shape index (κ1) is 8.87. The zero-order valence-corrected chi connectivity index (χ0v) is 7.77. The second kappa shape index (κ2) is 3.57. The topological polar surface area (TPSA) is 55.6 Å². The fourth-order valence-electron chi connectivity index (χ4n) is 1.48. The van der Waals surface area contributed by atoms with Crippen LogP contribution in [0.1, 0.15) is 6.42 Å². The molecular formula is C10H12N2O2. The molecule has 1 heterocycles. The maximum absolute atomic E-state index is 11.4. The molecule has 4 nitrogen and oxygen atoms in total. The average molecular weight is 192 g/mol. The fraction of sp³-hybridized carbons (Fsp3) is 0.300. The number of cyclic esters (lactones) is 1. The van der Waals surface area contributed by atoms with Gasteiger partial charge in [-0.25, -0.2) is 4.79 Å². The van der Waals surface area contributed by atoms with E-state index in [1.165, 1.54) is 0 Å². The molecule has 1 aliphatic heterocycles. The van der Waals surface area contributed by atoms with Gasteiger partial charge in [-0.05, 0) is 24.6 Å². The number of nitrogens with zero attached hydrogens (tertiary/aromatic N) is 1. The zero-order valence-electron chi connectivity index (χ0n) is 7.77. The molecule has 0 unspecified atom stereocenters. The van der Waals surface area contributed by atoms with E-state index in [-0.39, 0.29) is 6.09 Å². The summed E-state index contributed by atoms with van der Waals surface area (Å²) in [5, 5.41) is 0. The van der Waals surface area contributed by atoms with Crippen molar-refractivity contribution in [2.45, 2.75) is 6.42 Å². The van der Waals surface area contributed by atoms with Crippen LogP contribution < -0.4 is 10.6 Å². The van der Waals surface area contributed by atoms with Crippen LogP contribution in [0.15, 0.2) is 24.3 Å². The highest BCUT2D eigenvalue weighted by atomic mass is 16.6. The minimum atomic E-state index is -0.290. The van der Waals surface area contributed by atoms with Gasteiger partial charge in [0.1, 0.15) is 0 Å². The molecule has 74 valence electrons. The van der Waals surface area contributed by atoms with E-state index in [1.54, 1.807) is 17.0 Å². The van der Waals surface area contributed by atoms with Gasteiger partial charge < -0.3 is 10.5 Å². The van der Waals surface area contributed by atoms with Gasteiger partial charge in [0.2, 0.25) is 0 Å². The van der Waals surface area contributed by atoms with Gasteiger partial charge in [0, 0.05) is 17.9 Å². The number of anilines is 2. The number of carbonyl (C=O) groups is 1. The molecule has 0 bridgehead atoms. The summed E-state index contributed by atoms with van der Waals surface area (Å²) in [5.74, 6) is 0. The van der Waals surface area contributed by atoms with Crippen LogP contribution in [0, 0.1) is 0 Å². The lowest BCUT2D eigenvalue weighted by atomic mass is 10.2. The third kappa shape index (κ3) is 1.64. The van der Waals surface area contributed by atoms with E-state index in [1.807, 2.05) is 12.1 Å². The minimum absolute atomic E-state index is 0.290. The molecule has 1 aliphatic rings. The summed E-state index contributed by atoms with van der Waals surface area (Å²) in [5.41, 5.74) is 7.09. The Balaban J connectivity index is 2.24. The van der Waals surface area contributed by atoms with Crippen LogP contribution in [0.4, 0.5) is 16.2 Å². The predicted molar refractivity (Wildman–Crippen MR) is 54.2 cm³/mol. The van der Waals surface area contributed by atoms with Gasteiger partial charge in [-0.2, -0.15) is 0 Å². The number of benzene rings is 1. The first-order valence-corrected chi connectivity index (χ1v) is 4.57. The number of hydrogen-bond donors (Lipinski definition) is 1. The number of carbonyl (C=O) groups excluding carboxylic acids is 1. The van der Waals surface area contributed by atoms with Crippen molar-refractivity contribution < 1.29 is 9.53 Å². The smallest absolute Gasteiger partial charge is 0.414 e. The van der Waals surface area contributed by atoms with Crippen LogP contribution >= 0.6 is 0 Å². The maximum atomic E-state index is 11.4. The SMILES string of the molecule is Nc1cccc(N2CCCOC2=O)c1. The number of nitrogens with two attached hydrogens (primary N) is 1. The largest absolute Gasteiger partial charge is 0.449 e. The summed E-state index contributed by atoms with van der Waals surface area (Å²) in [7, 11) is 0. The van der Waals surface area contributed by atoms with E-state index >= 15 is 0 Å². The molecule has 0 aromatic heterocycles. The average Bonchev–Trinajstić information content (AvgIpc) is 2.18. The van der Waals surface area contributed by atoms with E-state index in [0.29, 0.717) is 18.8 Å². The number of amides is 1. The highest BCUT2D eigenvalue weighted by molar-refractivity contribution is 5.88. The van der Waals surface area contributed by atoms with Crippen molar-refractivity contribution in [1.82, 2.24) is 0 Å². The molecule has 0 aliphatic carbocycles. The van der Waals surface area contributed by atoms with E-state index in [4.69, 9.17) is 10.5 Å². The summed E-state index contributed by atoms with van der Waals surface area (Å²) in [4.78, 5) is 13.0. The van der Waals surface area contributed by atoms with Crippen molar-refractivity contribution in [3.8, 4) is 0 Å². The fourth-order valence-corrected chi connectivity index (χ4v) is 1.48. The second-order valence-electron chi connectivity index (χ2n) is 3.21. The highest BCUT2D eigenvalue weighted by Gasteiger charge is 2.20. The predicted octanol–water partition coefficient (Wildman–Crippen LogP) is 1.62. The molecule has 1 aromatic carbocycles. The summed E-state index contributed by atoms with van der Waals surface area (Å²) in [6.07, 6.45) is 0.572. The number of nitrogen functional groups attached to an aromatic ring is 1. The Bertz CT molecular complexity index is 352. The van der Waals surface area contributed by atoms with Crippen LogP contribution in [0.25, 0.3) is 0 Å². The normalized spacial score (nSPS) is 16.6. The van der Waals surface area contributed by atoms with Gasteiger partial charge in [0.25, 0.3) is 0 Å². The van der Waals surface area contributed by atoms with Gasteiger partial charge in [-0.3, -0.25) is 4.90 Å². The van der Waals surface area contributed by atoms with Crippen molar-refractivity contribution >= 4 is 17.5 Å². The Labute approximate surface area is 82.3 Å². The Hall–Kier alpha value is -1.71. The number of rotatable bonds is 1. The molecular weight excluding hydrogens is 180 g/mol. The van der Waals surface area contributed by atoms with Crippen LogP contribution in [0.3, 0.4) is 0 Å².